The van der Waals surface area contributed by atoms with Gasteiger partial charge in [-0.2, -0.15) is 32.3 Å². The summed E-state index contributed by atoms with van der Waals surface area (Å²) in [5.41, 5.74) is -3.28. The lowest BCUT2D eigenvalue weighted by molar-refractivity contribution is -0.137. The second-order valence-electron chi connectivity index (χ2n) is 9.02. The third kappa shape index (κ3) is 5.86. The standard InChI is InChI=1S/C25H17F5N6O5S2.CH4/c1-14-21(32-2)22(19-8-7-15(11-31)9-20(19)42(3,38)39)36(43(40,41)18-12-33-34(13-18)23(26)27)24(37)35(14)17-6-4-5-16(10-17)25(28,29)30;/h4-10,12-13,22-23H,1,3H3;1H4/t22-;/m1./s1. The molecule has 44 heavy (non-hydrogen) atoms. The molecule has 0 saturated carbocycles. The molecule has 2 aromatic carbocycles. The van der Waals surface area contributed by atoms with E-state index < -0.39 is 77.0 Å². The summed E-state index contributed by atoms with van der Waals surface area (Å²) in [6, 6.07) is 4.33. The van der Waals surface area contributed by atoms with Crippen LogP contribution in [0.2, 0.25) is 0 Å². The van der Waals surface area contributed by atoms with Crippen molar-refractivity contribution in [2.45, 2.75) is 42.9 Å². The van der Waals surface area contributed by atoms with E-state index in [1.807, 2.05) is 0 Å². The lowest BCUT2D eigenvalue weighted by Gasteiger charge is -2.41. The SMILES string of the molecule is C.[C-]#[N+]C1=C(C)N(c2cccc(C(F)(F)F)c2)C(=O)N(S(=O)(=O)c2cnn(C(F)F)c2)[C@@H]1c1ccc(C#N)cc1S(C)(=O)=O. The maximum absolute atomic E-state index is 14.1. The number of sulfone groups is 1. The molecule has 1 aliphatic rings. The highest BCUT2D eigenvalue weighted by Crippen LogP contribution is 2.45. The number of carbonyl (C=O) groups is 1. The van der Waals surface area contributed by atoms with Crippen LogP contribution in [0.1, 0.15) is 43.6 Å². The summed E-state index contributed by atoms with van der Waals surface area (Å²) in [5, 5.41) is 12.6. The topological polar surface area (TPSA) is 138 Å². The van der Waals surface area contributed by atoms with E-state index in [-0.39, 0.29) is 27.7 Å². The summed E-state index contributed by atoms with van der Waals surface area (Å²) >= 11 is 0. The van der Waals surface area contributed by atoms with E-state index in [2.05, 4.69) is 9.94 Å². The van der Waals surface area contributed by atoms with E-state index in [1.54, 1.807) is 6.07 Å². The average molecular weight is 657 g/mol. The fourth-order valence-electron chi connectivity index (χ4n) is 4.38. The van der Waals surface area contributed by atoms with Crippen LogP contribution in [-0.4, -0.2) is 43.2 Å². The van der Waals surface area contributed by atoms with Crippen LogP contribution < -0.4 is 4.90 Å². The number of benzene rings is 2. The molecule has 0 saturated heterocycles. The monoisotopic (exact) mass is 656 g/mol. The number of rotatable bonds is 6. The molecule has 11 nitrogen and oxygen atoms in total. The van der Waals surface area contributed by atoms with Gasteiger partial charge in [0, 0.05) is 17.6 Å². The number of carbonyl (C=O) groups excluding carboxylic acids is 1. The molecule has 0 bridgehead atoms. The first-order chi connectivity index (χ1) is 19.9. The van der Waals surface area contributed by atoms with Gasteiger partial charge in [0.25, 0.3) is 10.0 Å². The third-order valence-corrected chi connectivity index (χ3v) is 9.15. The summed E-state index contributed by atoms with van der Waals surface area (Å²) in [7, 11) is -9.55. The Balaban J connectivity index is 0.00000529. The maximum Gasteiger partial charge on any atom is 0.416 e. The van der Waals surface area contributed by atoms with Crippen LogP contribution in [0.4, 0.5) is 32.4 Å². The Morgan fingerprint density at radius 2 is 1.77 bits per heavy atom. The van der Waals surface area contributed by atoms with Crippen molar-refractivity contribution in [3.05, 3.63) is 94.4 Å². The fourth-order valence-corrected chi connectivity index (χ4v) is 6.76. The molecule has 1 aromatic heterocycles. The molecule has 0 radical (unpaired) electrons. The largest absolute Gasteiger partial charge is 0.416 e. The summed E-state index contributed by atoms with van der Waals surface area (Å²) in [5.74, 6) is 0. The minimum absolute atomic E-state index is 0. The molecule has 2 amide bonds. The van der Waals surface area contributed by atoms with Crippen LogP contribution in [0.15, 0.2) is 76.0 Å². The lowest BCUT2D eigenvalue weighted by atomic mass is 9.98. The van der Waals surface area contributed by atoms with Crippen molar-refractivity contribution in [2.24, 2.45) is 0 Å². The summed E-state index contributed by atoms with van der Waals surface area (Å²) in [6.45, 7) is 5.69. The van der Waals surface area contributed by atoms with Gasteiger partial charge in [-0.25, -0.2) is 35.5 Å². The summed E-state index contributed by atoms with van der Waals surface area (Å²) < 4.78 is 120. The number of amides is 2. The first kappa shape index (κ1) is 33.7. The summed E-state index contributed by atoms with van der Waals surface area (Å²) in [6.07, 6.45) is -3.27. The van der Waals surface area contributed by atoms with Crippen molar-refractivity contribution in [2.75, 3.05) is 11.2 Å². The zero-order chi connectivity index (χ0) is 32.1. The molecule has 0 N–H and O–H groups in total. The highest BCUT2D eigenvalue weighted by molar-refractivity contribution is 7.91. The second-order valence-corrected chi connectivity index (χ2v) is 12.8. The van der Waals surface area contributed by atoms with E-state index >= 15 is 0 Å². The number of urea groups is 1. The summed E-state index contributed by atoms with van der Waals surface area (Å²) in [4.78, 5) is 16.3. The molecule has 0 spiro atoms. The number of hydrogen-bond acceptors (Lipinski definition) is 7. The van der Waals surface area contributed by atoms with Crippen LogP contribution in [-0.2, 0) is 26.0 Å². The van der Waals surface area contributed by atoms with Crippen LogP contribution in [0.5, 0.6) is 0 Å². The number of allylic oxidation sites excluding steroid dienone is 1. The second kappa shape index (κ2) is 11.7. The third-order valence-electron chi connectivity index (χ3n) is 6.30. The van der Waals surface area contributed by atoms with Crippen molar-refractivity contribution in [3.63, 3.8) is 0 Å². The van der Waals surface area contributed by atoms with Gasteiger partial charge in [0.15, 0.2) is 9.84 Å². The number of anilines is 1. The van der Waals surface area contributed by atoms with E-state index in [0.29, 0.717) is 29.4 Å². The zero-order valence-electron chi connectivity index (χ0n) is 21.8. The molecule has 3 aromatic rings. The Kier molecular flexibility index (Phi) is 8.96. The van der Waals surface area contributed by atoms with Crippen molar-refractivity contribution >= 4 is 31.6 Å². The van der Waals surface area contributed by atoms with Crippen molar-refractivity contribution in [1.82, 2.24) is 14.1 Å². The van der Waals surface area contributed by atoms with Crippen molar-refractivity contribution < 1.29 is 43.6 Å². The van der Waals surface area contributed by atoms with E-state index in [4.69, 9.17) is 6.57 Å². The van der Waals surface area contributed by atoms with Crippen LogP contribution in [0.3, 0.4) is 0 Å². The van der Waals surface area contributed by atoms with Crippen molar-refractivity contribution in [1.29, 1.82) is 5.26 Å². The molecule has 0 aliphatic carbocycles. The molecule has 1 aliphatic heterocycles. The van der Waals surface area contributed by atoms with E-state index in [1.165, 1.54) is 0 Å². The minimum atomic E-state index is -5.28. The van der Waals surface area contributed by atoms with Crippen LogP contribution >= 0.6 is 0 Å². The Labute approximate surface area is 248 Å². The van der Waals surface area contributed by atoms with Crippen LogP contribution in [0.25, 0.3) is 4.85 Å². The molecule has 4 rings (SSSR count). The number of hydrogen-bond donors (Lipinski definition) is 0. The molecular weight excluding hydrogens is 635 g/mol. The Hall–Kier alpha value is -4.81. The molecule has 0 unspecified atom stereocenters. The predicted octanol–water partition coefficient (Wildman–Crippen LogP) is 5.73. The van der Waals surface area contributed by atoms with Gasteiger partial charge in [-0.15, -0.1) is 0 Å². The number of nitrogens with zero attached hydrogens (tertiary/aromatic N) is 6. The Bertz CT molecular complexity index is 1980. The van der Waals surface area contributed by atoms with Gasteiger partial charge in [0.1, 0.15) is 10.9 Å². The molecule has 232 valence electrons. The minimum Gasteiger partial charge on any atom is -0.277 e. The molecule has 1 atom stereocenters. The van der Waals surface area contributed by atoms with Crippen LogP contribution in [0, 0.1) is 17.9 Å². The molecule has 2 heterocycles. The number of alkyl halides is 5. The first-order valence-electron chi connectivity index (χ1n) is 11.6. The maximum atomic E-state index is 14.1. The highest BCUT2D eigenvalue weighted by atomic mass is 32.2. The number of halogens is 5. The van der Waals surface area contributed by atoms with Gasteiger partial charge in [-0.3, -0.25) is 4.90 Å². The van der Waals surface area contributed by atoms with Gasteiger partial charge < -0.3 is 0 Å². The Morgan fingerprint density at radius 3 is 2.30 bits per heavy atom. The predicted molar refractivity (Wildman–Crippen MR) is 145 cm³/mol. The van der Waals surface area contributed by atoms with Gasteiger partial charge in [0.2, 0.25) is 5.70 Å². The Morgan fingerprint density at radius 1 is 1.11 bits per heavy atom. The molecular formula is C26H21F5N6O5S2. The van der Waals surface area contributed by atoms with Gasteiger partial charge in [-0.1, -0.05) is 19.6 Å². The normalized spacial score (nSPS) is 16.0. The van der Waals surface area contributed by atoms with E-state index in [9.17, 15) is 48.8 Å². The van der Waals surface area contributed by atoms with Gasteiger partial charge >= 0.3 is 18.8 Å². The quantitative estimate of drug-likeness (QED) is 0.244. The highest BCUT2D eigenvalue weighted by Gasteiger charge is 2.49. The van der Waals surface area contributed by atoms with Crippen molar-refractivity contribution in [3.8, 4) is 6.07 Å². The first-order valence-corrected chi connectivity index (χ1v) is 15.0. The average Bonchev–Trinajstić information content (AvgIpc) is 3.43. The lowest BCUT2D eigenvalue weighted by Crippen LogP contribution is -2.52. The van der Waals surface area contributed by atoms with E-state index in [0.717, 1.165) is 43.5 Å². The van der Waals surface area contributed by atoms with Gasteiger partial charge in [0.05, 0.1) is 41.1 Å². The molecule has 18 heteroatoms. The smallest absolute Gasteiger partial charge is 0.277 e. The number of nitriles is 1. The number of sulfonamides is 1. The fraction of sp³-hybridized carbons (Fsp3) is 0.231. The van der Waals surface area contributed by atoms with Gasteiger partial charge in [-0.05, 0) is 42.8 Å². The number of aromatic nitrogens is 2. The molecule has 0 fully saturated rings. The zero-order valence-corrected chi connectivity index (χ0v) is 23.4.